The molecule has 6 heteroatoms. The van der Waals surface area contributed by atoms with Gasteiger partial charge in [-0.25, -0.2) is 13.6 Å². The van der Waals surface area contributed by atoms with E-state index in [1.165, 1.54) is 12.1 Å². The smallest absolute Gasteiger partial charge is 0.238 e. The van der Waals surface area contributed by atoms with Gasteiger partial charge in [-0.2, -0.15) is 0 Å². The van der Waals surface area contributed by atoms with Crippen molar-refractivity contribution in [2.24, 2.45) is 5.14 Å². The molecule has 0 fully saturated rings. The van der Waals surface area contributed by atoms with Crippen LogP contribution in [0.15, 0.2) is 41.8 Å². The van der Waals surface area contributed by atoms with Crippen molar-refractivity contribution in [3.05, 3.63) is 42.5 Å². The van der Waals surface area contributed by atoms with E-state index >= 15 is 0 Å². The molecule has 1 amide bonds. The average molecular weight is 268 g/mol. The number of amides is 1. The Bertz CT molecular complexity index is 538. The molecule has 5 nitrogen and oxygen atoms in total. The highest BCUT2D eigenvalue weighted by Gasteiger charge is 2.08. The number of nitrogens with one attached hydrogen (secondary N) is 1. The fourth-order valence-electron chi connectivity index (χ4n) is 1.35. The molecular weight excluding hydrogens is 252 g/mol. The van der Waals surface area contributed by atoms with Gasteiger partial charge >= 0.3 is 0 Å². The van der Waals surface area contributed by atoms with Crippen molar-refractivity contribution in [3.8, 4) is 0 Å². The van der Waals surface area contributed by atoms with E-state index in [4.69, 9.17) is 5.14 Å². The minimum absolute atomic E-state index is 0.0420. The Morgan fingerprint density at radius 3 is 2.78 bits per heavy atom. The number of carbonyl (C=O) groups excluding carboxylic acids is 1. The van der Waals surface area contributed by atoms with E-state index in [-0.39, 0.29) is 17.3 Å². The van der Waals surface area contributed by atoms with Crippen LogP contribution in [-0.2, 0) is 21.4 Å². The summed E-state index contributed by atoms with van der Waals surface area (Å²) >= 11 is 0. The molecule has 0 aliphatic rings. The van der Waals surface area contributed by atoms with Crippen LogP contribution < -0.4 is 10.5 Å². The van der Waals surface area contributed by atoms with E-state index in [0.717, 1.165) is 0 Å². The van der Waals surface area contributed by atoms with E-state index < -0.39 is 10.0 Å². The Kier molecular flexibility index (Phi) is 5.06. The second-order valence-corrected chi connectivity index (χ2v) is 5.36. The first kappa shape index (κ1) is 14.4. The Labute approximate surface area is 107 Å². The number of hydrogen-bond acceptors (Lipinski definition) is 3. The standard InChI is InChI=1S/C12H16N2O3S/c1-2-3-7-12(15)14-9-10-5-4-6-11(8-10)18(13,16)17/h2,4-6,8H,1,3,7,9H2,(H,14,15)(H2,13,16,17). The van der Waals surface area contributed by atoms with Gasteiger partial charge in [0.2, 0.25) is 15.9 Å². The van der Waals surface area contributed by atoms with Crippen molar-refractivity contribution in [1.29, 1.82) is 0 Å². The van der Waals surface area contributed by atoms with Crippen LogP contribution in [-0.4, -0.2) is 14.3 Å². The Morgan fingerprint density at radius 2 is 2.17 bits per heavy atom. The Balaban J connectivity index is 2.63. The first-order chi connectivity index (χ1) is 8.43. The molecule has 18 heavy (non-hydrogen) atoms. The topological polar surface area (TPSA) is 89.3 Å². The summed E-state index contributed by atoms with van der Waals surface area (Å²) in [5, 5.41) is 7.71. The van der Waals surface area contributed by atoms with Crippen LogP contribution >= 0.6 is 0 Å². The van der Waals surface area contributed by atoms with Crippen molar-refractivity contribution in [1.82, 2.24) is 5.32 Å². The molecule has 0 saturated carbocycles. The monoisotopic (exact) mass is 268 g/mol. The Morgan fingerprint density at radius 1 is 1.44 bits per heavy atom. The third-order valence-corrected chi connectivity index (χ3v) is 3.20. The van der Waals surface area contributed by atoms with Gasteiger partial charge in [0.25, 0.3) is 0 Å². The third-order valence-electron chi connectivity index (χ3n) is 2.29. The van der Waals surface area contributed by atoms with Crippen molar-refractivity contribution in [3.63, 3.8) is 0 Å². The number of nitrogens with two attached hydrogens (primary N) is 1. The van der Waals surface area contributed by atoms with Gasteiger partial charge in [0.05, 0.1) is 4.90 Å². The van der Waals surface area contributed by atoms with E-state index in [9.17, 15) is 13.2 Å². The predicted molar refractivity (Wildman–Crippen MR) is 69.1 cm³/mol. The maximum Gasteiger partial charge on any atom is 0.238 e. The fraction of sp³-hybridized carbons (Fsp3) is 0.250. The normalized spacial score (nSPS) is 10.9. The predicted octanol–water partition coefficient (Wildman–Crippen LogP) is 0.916. The molecule has 0 saturated heterocycles. The summed E-state index contributed by atoms with van der Waals surface area (Å²) in [5.41, 5.74) is 0.688. The number of sulfonamides is 1. The number of primary sulfonamides is 1. The summed E-state index contributed by atoms with van der Waals surface area (Å²) in [6.07, 6.45) is 2.66. The summed E-state index contributed by atoms with van der Waals surface area (Å²) in [6, 6.07) is 6.18. The lowest BCUT2D eigenvalue weighted by atomic mass is 10.2. The molecule has 1 rings (SSSR count). The van der Waals surface area contributed by atoms with E-state index in [1.807, 2.05) is 0 Å². The fourth-order valence-corrected chi connectivity index (χ4v) is 1.94. The molecule has 0 aliphatic carbocycles. The van der Waals surface area contributed by atoms with Crippen molar-refractivity contribution in [2.75, 3.05) is 0 Å². The summed E-state index contributed by atoms with van der Waals surface area (Å²) in [7, 11) is -3.70. The molecule has 0 heterocycles. The molecule has 0 spiro atoms. The number of benzene rings is 1. The highest BCUT2D eigenvalue weighted by molar-refractivity contribution is 7.89. The largest absolute Gasteiger partial charge is 0.352 e. The minimum atomic E-state index is -3.70. The van der Waals surface area contributed by atoms with Gasteiger partial charge in [0, 0.05) is 13.0 Å². The number of hydrogen-bond donors (Lipinski definition) is 2. The van der Waals surface area contributed by atoms with Gasteiger partial charge in [-0.3, -0.25) is 4.79 Å². The molecule has 0 aromatic heterocycles. The van der Waals surface area contributed by atoms with Gasteiger partial charge in [-0.1, -0.05) is 18.2 Å². The van der Waals surface area contributed by atoms with Gasteiger partial charge in [0.15, 0.2) is 0 Å². The highest BCUT2D eigenvalue weighted by atomic mass is 32.2. The lowest BCUT2D eigenvalue weighted by molar-refractivity contribution is -0.121. The van der Waals surface area contributed by atoms with Crippen molar-refractivity contribution in [2.45, 2.75) is 24.3 Å². The van der Waals surface area contributed by atoms with Crippen molar-refractivity contribution < 1.29 is 13.2 Å². The zero-order valence-corrected chi connectivity index (χ0v) is 10.7. The molecule has 98 valence electrons. The molecule has 0 radical (unpaired) electrons. The molecule has 1 aromatic rings. The molecule has 1 aromatic carbocycles. The van der Waals surface area contributed by atoms with E-state index in [0.29, 0.717) is 18.4 Å². The third kappa shape index (κ3) is 4.68. The summed E-state index contributed by atoms with van der Waals surface area (Å²) < 4.78 is 22.3. The summed E-state index contributed by atoms with van der Waals surface area (Å²) in [5.74, 6) is -0.101. The van der Waals surface area contributed by atoms with E-state index in [2.05, 4.69) is 11.9 Å². The second kappa shape index (κ2) is 6.32. The number of carbonyl (C=O) groups is 1. The second-order valence-electron chi connectivity index (χ2n) is 3.80. The molecule has 0 atom stereocenters. The lowest BCUT2D eigenvalue weighted by Crippen LogP contribution is -2.22. The van der Waals surface area contributed by atoms with Crippen LogP contribution in [0.4, 0.5) is 0 Å². The van der Waals surface area contributed by atoms with Crippen LogP contribution in [0.3, 0.4) is 0 Å². The molecule has 0 aliphatic heterocycles. The van der Waals surface area contributed by atoms with Gasteiger partial charge < -0.3 is 5.32 Å². The number of allylic oxidation sites excluding steroid dienone is 1. The maximum absolute atomic E-state index is 11.4. The molecule has 3 N–H and O–H groups in total. The van der Waals surface area contributed by atoms with Crippen molar-refractivity contribution >= 4 is 15.9 Å². The first-order valence-corrected chi connectivity index (χ1v) is 6.97. The first-order valence-electron chi connectivity index (χ1n) is 5.43. The van der Waals surface area contributed by atoms with Gasteiger partial charge in [0.1, 0.15) is 0 Å². The minimum Gasteiger partial charge on any atom is -0.352 e. The van der Waals surface area contributed by atoms with Crippen LogP contribution in [0.1, 0.15) is 18.4 Å². The zero-order chi connectivity index (χ0) is 13.6. The van der Waals surface area contributed by atoms with E-state index in [1.54, 1.807) is 18.2 Å². The average Bonchev–Trinajstić information content (AvgIpc) is 2.33. The van der Waals surface area contributed by atoms with Crippen LogP contribution in [0.5, 0.6) is 0 Å². The van der Waals surface area contributed by atoms with Gasteiger partial charge in [-0.15, -0.1) is 6.58 Å². The highest BCUT2D eigenvalue weighted by Crippen LogP contribution is 2.09. The summed E-state index contributed by atoms with van der Waals surface area (Å²) in [6.45, 7) is 3.81. The summed E-state index contributed by atoms with van der Waals surface area (Å²) in [4.78, 5) is 11.4. The van der Waals surface area contributed by atoms with Gasteiger partial charge in [-0.05, 0) is 24.1 Å². The molecule has 0 unspecified atom stereocenters. The number of rotatable bonds is 6. The van der Waals surface area contributed by atoms with Crippen LogP contribution in [0, 0.1) is 0 Å². The van der Waals surface area contributed by atoms with Crippen LogP contribution in [0.2, 0.25) is 0 Å². The Hall–Kier alpha value is -1.66. The maximum atomic E-state index is 11.4. The zero-order valence-electron chi connectivity index (χ0n) is 9.93. The lowest BCUT2D eigenvalue weighted by Gasteiger charge is -2.06. The molecule has 0 bridgehead atoms. The quantitative estimate of drug-likeness (QED) is 0.752. The van der Waals surface area contributed by atoms with Crippen LogP contribution in [0.25, 0.3) is 0 Å². The molecular formula is C12H16N2O3S. The SMILES string of the molecule is C=CCCC(=O)NCc1cccc(S(N)(=O)=O)c1.